The summed E-state index contributed by atoms with van der Waals surface area (Å²) in [4.78, 5) is 0. The molecule has 2 aromatic rings. The van der Waals surface area contributed by atoms with Crippen LogP contribution in [0, 0.1) is 6.01 Å². The van der Waals surface area contributed by atoms with E-state index in [0.29, 0.717) is 18.2 Å². The maximum absolute atomic E-state index is 12.9. The first-order valence-corrected chi connectivity index (χ1v) is 5.76. The van der Waals surface area contributed by atoms with Gasteiger partial charge < -0.3 is 14.5 Å². The molecular formula is C13H14FNO2. The van der Waals surface area contributed by atoms with Gasteiger partial charge in [0, 0.05) is 24.0 Å². The maximum Gasteiger partial charge on any atom is 0.278 e. The number of furan rings is 1. The van der Waals surface area contributed by atoms with Gasteiger partial charge in [-0.3, -0.25) is 0 Å². The molecule has 2 unspecified atom stereocenters. The lowest BCUT2D eigenvalue weighted by molar-refractivity contribution is 0.00702. The molecule has 0 amide bonds. The standard InChI is InChI=1S/C13H14FNO2/c1-8-7-16-12(6-15-8)9-2-3-11-10(4-9)5-13(14)17-11/h2-5,8,12,15H,6-7H2,1H3. The van der Waals surface area contributed by atoms with Crippen molar-refractivity contribution in [1.82, 2.24) is 5.32 Å². The van der Waals surface area contributed by atoms with Crippen LogP contribution in [-0.4, -0.2) is 19.2 Å². The minimum absolute atomic E-state index is 0.0357. The van der Waals surface area contributed by atoms with E-state index >= 15 is 0 Å². The number of hydrogen-bond acceptors (Lipinski definition) is 3. The third kappa shape index (κ3) is 2.06. The van der Waals surface area contributed by atoms with Crippen LogP contribution in [0.3, 0.4) is 0 Å². The highest BCUT2D eigenvalue weighted by atomic mass is 19.1. The highest BCUT2D eigenvalue weighted by Gasteiger charge is 2.20. The quantitative estimate of drug-likeness (QED) is 0.825. The zero-order valence-corrected chi connectivity index (χ0v) is 9.57. The number of nitrogens with one attached hydrogen (secondary N) is 1. The van der Waals surface area contributed by atoms with Crippen LogP contribution in [0.4, 0.5) is 4.39 Å². The van der Waals surface area contributed by atoms with Crippen LogP contribution in [0.15, 0.2) is 28.7 Å². The fraction of sp³-hybridized carbons (Fsp3) is 0.385. The van der Waals surface area contributed by atoms with Gasteiger partial charge in [-0.05, 0) is 24.6 Å². The summed E-state index contributed by atoms with van der Waals surface area (Å²) in [5.41, 5.74) is 1.63. The zero-order valence-electron chi connectivity index (χ0n) is 9.57. The molecule has 3 rings (SSSR count). The minimum Gasteiger partial charge on any atom is -0.431 e. The lowest BCUT2D eigenvalue weighted by atomic mass is 10.1. The normalized spacial score (nSPS) is 25.3. The SMILES string of the molecule is CC1COC(c2ccc3oc(F)cc3c2)CN1. The number of fused-ring (bicyclic) bond motifs is 1. The van der Waals surface area contributed by atoms with Crippen molar-refractivity contribution in [2.45, 2.75) is 19.1 Å². The van der Waals surface area contributed by atoms with Crippen molar-refractivity contribution in [3.05, 3.63) is 35.8 Å². The summed E-state index contributed by atoms with van der Waals surface area (Å²) in [6, 6.07) is 6.87. The van der Waals surface area contributed by atoms with Crippen molar-refractivity contribution in [1.29, 1.82) is 0 Å². The second-order valence-electron chi connectivity index (χ2n) is 4.48. The molecular weight excluding hydrogens is 221 g/mol. The monoisotopic (exact) mass is 235 g/mol. The van der Waals surface area contributed by atoms with Gasteiger partial charge >= 0.3 is 0 Å². The molecule has 1 aliphatic heterocycles. The molecule has 1 fully saturated rings. The summed E-state index contributed by atoms with van der Waals surface area (Å²) in [7, 11) is 0. The lowest BCUT2D eigenvalue weighted by Crippen LogP contribution is -2.40. The Morgan fingerprint density at radius 2 is 2.24 bits per heavy atom. The van der Waals surface area contributed by atoms with E-state index in [-0.39, 0.29) is 6.10 Å². The van der Waals surface area contributed by atoms with Crippen LogP contribution in [0.25, 0.3) is 11.0 Å². The first-order valence-electron chi connectivity index (χ1n) is 5.76. The number of halogens is 1. The van der Waals surface area contributed by atoms with E-state index in [1.807, 2.05) is 12.1 Å². The Hall–Kier alpha value is -1.39. The van der Waals surface area contributed by atoms with Crippen molar-refractivity contribution in [3.63, 3.8) is 0 Å². The predicted molar refractivity (Wildman–Crippen MR) is 62.3 cm³/mol. The molecule has 0 radical (unpaired) electrons. The molecule has 1 N–H and O–H groups in total. The van der Waals surface area contributed by atoms with Gasteiger partial charge in [0.15, 0.2) is 0 Å². The Bertz CT molecular complexity index is 529. The predicted octanol–water partition coefficient (Wildman–Crippen LogP) is 2.62. The van der Waals surface area contributed by atoms with E-state index in [0.717, 1.165) is 17.5 Å². The van der Waals surface area contributed by atoms with Crippen molar-refractivity contribution in [2.24, 2.45) is 0 Å². The summed E-state index contributed by atoms with van der Waals surface area (Å²) < 4.78 is 23.6. The number of morpholine rings is 1. The van der Waals surface area contributed by atoms with E-state index in [1.54, 1.807) is 6.07 Å². The smallest absolute Gasteiger partial charge is 0.278 e. The van der Waals surface area contributed by atoms with Gasteiger partial charge in [0.2, 0.25) is 0 Å². The van der Waals surface area contributed by atoms with E-state index in [9.17, 15) is 4.39 Å². The molecule has 0 saturated carbocycles. The molecule has 0 spiro atoms. The van der Waals surface area contributed by atoms with Crippen LogP contribution in [0.2, 0.25) is 0 Å². The third-order valence-electron chi connectivity index (χ3n) is 3.08. The second kappa shape index (κ2) is 4.13. The molecule has 1 aromatic carbocycles. The Balaban J connectivity index is 1.89. The van der Waals surface area contributed by atoms with Gasteiger partial charge in [0.05, 0.1) is 12.7 Å². The molecule has 0 aliphatic carbocycles. The van der Waals surface area contributed by atoms with Crippen molar-refractivity contribution in [2.75, 3.05) is 13.2 Å². The second-order valence-corrected chi connectivity index (χ2v) is 4.48. The van der Waals surface area contributed by atoms with E-state index in [1.165, 1.54) is 6.07 Å². The maximum atomic E-state index is 12.9. The molecule has 90 valence electrons. The lowest BCUT2D eigenvalue weighted by Gasteiger charge is -2.28. The van der Waals surface area contributed by atoms with Gasteiger partial charge in [-0.2, -0.15) is 4.39 Å². The van der Waals surface area contributed by atoms with Crippen LogP contribution in [-0.2, 0) is 4.74 Å². The molecule has 4 heteroatoms. The fourth-order valence-corrected chi connectivity index (χ4v) is 2.13. The molecule has 3 nitrogen and oxygen atoms in total. The molecule has 1 aliphatic rings. The van der Waals surface area contributed by atoms with E-state index in [4.69, 9.17) is 9.15 Å². The average Bonchev–Trinajstić information content (AvgIpc) is 2.69. The topological polar surface area (TPSA) is 34.4 Å². The van der Waals surface area contributed by atoms with E-state index < -0.39 is 6.01 Å². The van der Waals surface area contributed by atoms with Gasteiger partial charge in [0.1, 0.15) is 5.58 Å². The Morgan fingerprint density at radius 1 is 1.35 bits per heavy atom. The van der Waals surface area contributed by atoms with Crippen molar-refractivity contribution >= 4 is 11.0 Å². The highest BCUT2D eigenvalue weighted by molar-refractivity contribution is 5.78. The molecule has 2 heterocycles. The summed E-state index contributed by atoms with van der Waals surface area (Å²) in [5.74, 6) is 0. The Kier molecular flexibility index (Phi) is 2.61. The van der Waals surface area contributed by atoms with Gasteiger partial charge in [-0.15, -0.1) is 0 Å². The van der Waals surface area contributed by atoms with Crippen molar-refractivity contribution in [3.8, 4) is 0 Å². The number of benzene rings is 1. The summed E-state index contributed by atoms with van der Waals surface area (Å²) >= 11 is 0. The molecule has 2 atom stereocenters. The zero-order chi connectivity index (χ0) is 11.8. The first-order chi connectivity index (χ1) is 8.22. The number of hydrogen-bond donors (Lipinski definition) is 1. The molecule has 17 heavy (non-hydrogen) atoms. The van der Waals surface area contributed by atoms with E-state index in [2.05, 4.69) is 12.2 Å². The van der Waals surface area contributed by atoms with Crippen LogP contribution >= 0.6 is 0 Å². The Labute approximate surface area is 98.6 Å². The van der Waals surface area contributed by atoms with Crippen LogP contribution < -0.4 is 5.32 Å². The summed E-state index contributed by atoms with van der Waals surface area (Å²) in [6.45, 7) is 3.57. The summed E-state index contributed by atoms with van der Waals surface area (Å²) in [6.07, 6.45) is 0.0357. The van der Waals surface area contributed by atoms with Gasteiger partial charge in [-0.25, -0.2) is 0 Å². The van der Waals surface area contributed by atoms with Crippen LogP contribution in [0.5, 0.6) is 0 Å². The largest absolute Gasteiger partial charge is 0.431 e. The molecule has 1 saturated heterocycles. The van der Waals surface area contributed by atoms with Crippen molar-refractivity contribution < 1.29 is 13.5 Å². The summed E-state index contributed by atoms with van der Waals surface area (Å²) in [5, 5.41) is 4.14. The minimum atomic E-state index is -0.548. The average molecular weight is 235 g/mol. The Morgan fingerprint density at radius 3 is 3.00 bits per heavy atom. The molecule has 1 aromatic heterocycles. The molecule has 0 bridgehead atoms. The first kappa shape index (κ1) is 10.7. The number of rotatable bonds is 1. The number of ether oxygens (including phenoxy) is 1. The van der Waals surface area contributed by atoms with Gasteiger partial charge in [-0.1, -0.05) is 6.07 Å². The highest BCUT2D eigenvalue weighted by Crippen LogP contribution is 2.26. The third-order valence-corrected chi connectivity index (χ3v) is 3.08. The fourth-order valence-electron chi connectivity index (χ4n) is 2.13. The van der Waals surface area contributed by atoms with Gasteiger partial charge in [0.25, 0.3) is 6.01 Å². The van der Waals surface area contributed by atoms with Crippen LogP contribution in [0.1, 0.15) is 18.6 Å².